The molecule has 7 nitrogen and oxygen atoms in total. The highest BCUT2D eigenvalue weighted by Crippen LogP contribution is 2.35. The Kier molecular flexibility index (Phi) is 5.50. The number of aromatic nitrogens is 4. The SMILES string of the molecule is Cc1cc2c(-c3cc(N)c4cnn(S(=O)c5ccccc5)c4c3)ccnc2n1S(=O)c1ccccc1. The lowest BCUT2D eigenvalue weighted by Gasteiger charge is -2.10. The maximum atomic E-state index is 13.4. The number of nitrogens with zero attached hydrogens (tertiary/aromatic N) is 4. The summed E-state index contributed by atoms with van der Waals surface area (Å²) in [5.74, 6) is 0. The summed E-state index contributed by atoms with van der Waals surface area (Å²) in [6, 6.07) is 26.2. The van der Waals surface area contributed by atoms with E-state index in [1.165, 1.54) is 4.09 Å². The number of anilines is 1. The van der Waals surface area contributed by atoms with Crippen LogP contribution >= 0.6 is 0 Å². The highest BCUT2D eigenvalue weighted by atomic mass is 32.2. The van der Waals surface area contributed by atoms with Gasteiger partial charge >= 0.3 is 0 Å². The molecule has 3 heterocycles. The van der Waals surface area contributed by atoms with Gasteiger partial charge in [0, 0.05) is 28.4 Å². The number of rotatable bonds is 5. The van der Waals surface area contributed by atoms with E-state index >= 15 is 0 Å². The molecule has 6 aromatic rings. The molecule has 178 valence electrons. The summed E-state index contributed by atoms with van der Waals surface area (Å²) >= 11 is 0. The third-order valence-electron chi connectivity index (χ3n) is 6.05. The van der Waals surface area contributed by atoms with Crippen LogP contribution in [0.15, 0.2) is 107 Å². The van der Waals surface area contributed by atoms with Crippen molar-refractivity contribution in [1.29, 1.82) is 0 Å². The number of fused-ring (bicyclic) bond motifs is 2. The molecule has 0 radical (unpaired) electrons. The molecule has 3 aromatic heterocycles. The summed E-state index contributed by atoms with van der Waals surface area (Å²) in [4.78, 5) is 5.91. The Morgan fingerprint density at radius 3 is 2.17 bits per heavy atom. The van der Waals surface area contributed by atoms with Gasteiger partial charge in [-0.15, -0.1) is 0 Å². The molecular weight excluding hydrogens is 490 g/mol. The number of hydrogen-bond donors (Lipinski definition) is 1. The zero-order chi connectivity index (χ0) is 24.8. The molecule has 6 rings (SSSR count). The topological polar surface area (TPSA) is 95.8 Å². The highest BCUT2D eigenvalue weighted by Gasteiger charge is 2.19. The molecule has 0 aliphatic carbocycles. The standard InChI is InChI=1S/C27H21N5O2S2/c1-18-14-23-22(12-13-29-27(23)31(18)35(33)20-8-4-2-5-9-20)19-15-25(28)24-17-30-32(26(24)16-19)36(34)21-10-6-3-7-11-21/h2-17H,28H2,1H3. The van der Waals surface area contributed by atoms with E-state index in [1.807, 2.05) is 91.9 Å². The number of benzene rings is 3. The van der Waals surface area contributed by atoms with Crippen LogP contribution in [0, 0.1) is 6.92 Å². The second-order valence-corrected chi connectivity index (χ2v) is 11.0. The van der Waals surface area contributed by atoms with Gasteiger partial charge in [-0.2, -0.15) is 9.19 Å². The molecule has 2 unspecified atom stereocenters. The Labute approximate surface area is 212 Å². The van der Waals surface area contributed by atoms with E-state index in [0.29, 0.717) is 26.6 Å². The van der Waals surface area contributed by atoms with Crippen LogP contribution in [0.5, 0.6) is 0 Å². The van der Waals surface area contributed by atoms with E-state index in [9.17, 15) is 8.42 Å². The van der Waals surface area contributed by atoms with Crippen molar-refractivity contribution >= 4 is 49.6 Å². The molecule has 36 heavy (non-hydrogen) atoms. The van der Waals surface area contributed by atoms with E-state index in [-0.39, 0.29) is 0 Å². The van der Waals surface area contributed by atoms with Gasteiger partial charge in [0.15, 0.2) is 27.6 Å². The Hall–Kier alpha value is -4.08. The summed E-state index contributed by atoms with van der Waals surface area (Å²) in [7, 11) is -2.97. The van der Waals surface area contributed by atoms with Gasteiger partial charge in [0.25, 0.3) is 0 Å². The van der Waals surface area contributed by atoms with Gasteiger partial charge < -0.3 is 5.73 Å². The zero-order valence-corrected chi connectivity index (χ0v) is 20.9. The normalized spacial score (nSPS) is 13.2. The second-order valence-electron chi connectivity index (χ2n) is 8.32. The molecule has 2 N–H and O–H groups in total. The molecule has 0 amide bonds. The fourth-order valence-electron chi connectivity index (χ4n) is 4.36. The lowest BCUT2D eigenvalue weighted by atomic mass is 10.0. The van der Waals surface area contributed by atoms with Crippen molar-refractivity contribution in [3.05, 3.63) is 103 Å². The van der Waals surface area contributed by atoms with Crippen molar-refractivity contribution < 1.29 is 8.42 Å². The van der Waals surface area contributed by atoms with Crippen molar-refractivity contribution in [3.8, 4) is 11.1 Å². The molecule has 9 heteroatoms. The van der Waals surface area contributed by atoms with Gasteiger partial charge in [0.1, 0.15) is 0 Å². The lowest BCUT2D eigenvalue weighted by Crippen LogP contribution is -2.07. The minimum atomic E-state index is -1.52. The molecule has 0 saturated carbocycles. The van der Waals surface area contributed by atoms with Crippen molar-refractivity contribution in [2.75, 3.05) is 5.73 Å². The average Bonchev–Trinajstić information content (AvgIpc) is 3.49. The van der Waals surface area contributed by atoms with Gasteiger partial charge in [-0.1, -0.05) is 36.4 Å². The van der Waals surface area contributed by atoms with Gasteiger partial charge in [-0.05, 0) is 66.6 Å². The van der Waals surface area contributed by atoms with Crippen LogP contribution in [0.1, 0.15) is 5.69 Å². The number of aryl methyl sites for hydroxylation is 1. The zero-order valence-electron chi connectivity index (χ0n) is 19.2. The molecule has 0 spiro atoms. The quantitative estimate of drug-likeness (QED) is 0.326. The highest BCUT2D eigenvalue weighted by molar-refractivity contribution is 7.84. The Morgan fingerprint density at radius 2 is 1.47 bits per heavy atom. The van der Waals surface area contributed by atoms with E-state index in [0.717, 1.165) is 27.6 Å². The Bertz CT molecular complexity index is 1790. The molecule has 3 aromatic carbocycles. The Balaban J connectivity index is 1.52. The van der Waals surface area contributed by atoms with Crippen molar-refractivity contribution in [2.45, 2.75) is 16.7 Å². The summed E-state index contributed by atoms with van der Waals surface area (Å²) < 4.78 is 29.9. The van der Waals surface area contributed by atoms with Gasteiger partial charge in [0.05, 0.1) is 21.5 Å². The first-order valence-electron chi connectivity index (χ1n) is 11.2. The van der Waals surface area contributed by atoms with Crippen LogP contribution in [0.3, 0.4) is 0 Å². The predicted octanol–water partition coefficient (Wildman–Crippen LogP) is 5.09. The minimum Gasteiger partial charge on any atom is -0.398 e. The van der Waals surface area contributed by atoms with Crippen LogP contribution in [0.4, 0.5) is 5.69 Å². The first kappa shape index (κ1) is 22.4. The summed E-state index contributed by atoms with van der Waals surface area (Å²) in [5.41, 5.74) is 10.8. The predicted molar refractivity (Wildman–Crippen MR) is 144 cm³/mol. The largest absolute Gasteiger partial charge is 0.398 e. The molecule has 0 aliphatic rings. The first-order valence-corrected chi connectivity index (χ1v) is 13.4. The smallest absolute Gasteiger partial charge is 0.173 e. The minimum absolute atomic E-state index is 0.535. The lowest BCUT2D eigenvalue weighted by molar-refractivity contribution is 0.673. The van der Waals surface area contributed by atoms with Crippen molar-refractivity contribution in [3.63, 3.8) is 0 Å². The number of nitrogens with two attached hydrogens (primary N) is 1. The summed E-state index contributed by atoms with van der Waals surface area (Å²) in [6.07, 6.45) is 3.34. The van der Waals surface area contributed by atoms with Crippen LogP contribution in [-0.4, -0.2) is 26.6 Å². The first-order chi connectivity index (χ1) is 17.5. The molecule has 0 saturated heterocycles. The molecule has 2 atom stereocenters. The third kappa shape index (κ3) is 3.64. The number of hydrogen-bond acceptors (Lipinski definition) is 5. The number of pyridine rings is 1. The van der Waals surface area contributed by atoms with Crippen LogP contribution < -0.4 is 5.73 Å². The molecule has 0 fully saturated rings. The summed E-state index contributed by atoms with van der Waals surface area (Å²) in [5, 5.41) is 5.97. The monoisotopic (exact) mass is 511 g/mol. The fraction of sp³-hybridized carbons (Fsp3) is 0.0370. The molecule has 0 bridgehead atoms. The van der Waals surface area contributed by atoms with E-state index in [1.54, 1.807) is 16.4 Å². The van der Waals surface area contributed by atoms with Crippen molar-refractivity contribution in [2.24, 2.45) is 0 Å². The van der Waals surface area contributed by atoms with E-state index < -0.39 is 22.0 Å². The van der Waals surface area contributed by atoms with Gasteiger partial charge in [-0.3, -0.25) is 0 Å². The number of nitrogen functional groups attached to an aromatic ring is 1. The average molecular weight is 512 g/mol. The maximum absolute atomic E-state index is 13.4. The maximum Gasteiger partial charge on any atom is 0.173 e. The van der Waals surface area contributed by atoms with E-state index in [2.05, 4.69) is 10.1 Å². The van der Waals surface area contributed by atoms with Crippen molar-refractivity contribution in [1.82, 2.24) is 18.1 Å². The second kappa shape index (κ2) is 8.85. The van der Waals surface area contributed by atoms with E-state index in [4.69, 9.17) is 5.73 Å². The Morgan fingerprint density at radius 1 is 0.806 bits per heavy atom. The van der Waals surface area contributed by atoms with Crippen LogP contribution in [0.2, 0.25) is 0 Å². The van der Waals surface area contributed by atoms with Crippen LogP contribution in [0.25, 0.3) is 33.1 Å². The van der Waals surface area contributed by atoms with Crippen LogP contribution in [-0.2, 0) is 22.0 Å². The van der Waals surface area contributed by atoms with Gasteiger partial charge in [-0.25, -0.2) is 17.4 Å². The van der Waals surface area contributed by atoms with Gasteiger partial charge in [0.2, 0.25) is 0 Å². The fourth-order valence-corrected chi connectivity index (χ4v) is 6.63. The third-order valence-corrected chi connectivity index (χ3v) is 8.80. The molecule has 0 aliphatic heterocycles. The molecular formula is C27H21N5O2S2. The summed E-state index contributed by atoms with van der Waals surface area (Å²) in [6.45, 7) is 1.92.